The molecule has 1 heterocycles. The number of primary amides is 1. The highest BCUT2D eigenvalue weighted by Crippen LogP contribution is 2.28. The molecule has 1 fully saturated rings. The molecule has 7 heteroatoms. The molecule has 7 nitrogen and oxygen atoms in total. The third kappa shape index (κ3) is 5.73. The van der Waals surface area contributed by atoms with Crippen molar-refractivity contribution in [3.05, 3.63) is 64.7 Å². The number of nitrogens with two attached hydrogens (primary N) is 1. The fourth-order valence-corrected chi connectivity index (χ4v) is 4.39. The molecule has 0 radical (unpaired) electrons. The zero-order chi connectivity index (χ0) is 23.3. The summed E-state index contributed by atoms with van der Waals surface area (Å²) in [5.74, 6) is 0.0781. The Morgan fingerprint density at radius 2 is 1.66 bits per heavy atom. The Labute approximate surface area is 189 Å². The zero-order valence-electron chi connectivity index (χ0n) is 19.1. The molecule has 1 amide bonds. The van der Waals surface area contributed by atoms with E-state index in [0.717, 1.165) is 29.8 Å². The molecule has 32 heavy (non-hydrogen) atoms. The first kappa shape index (κ1) is 23.9. The van der Waals surface area contributed by atoms with Gasteiger partial charge < -0.3 is 15.6 Å². The molecule has 0 bridgehead atoms. The maximum atomic E-state index is 12.3. The van der Waals surface area contributed by atoms with Crippen LogP contribution in [-0.4, -0.2) is 72.0 Å². The van der Waals surface area contributed by atoms with Gasteiger partial charge in [-0.25, -0.2) is 0 Å². The van der Waals surface area contributed by atoms with Crippen LogP contribution in [0.4, 0.5) is 0 Å². The number of hydrogen-bond donors (Lipinski definition) is 2. The molecule has 2 unspecified atom stereocenters. The Kier molecular flexibility index (Phi) is 8.01. The second-order valence-electron chi connectivity index (χ2n) is 8.46. The van der Waals surface area contributed by atoms with E-state index in [-0.39, 0.29) is 18.3 Å². The molecule has 0 saturated carbocycles. The summed E-state index contributed by atoms with van der Waals surface area (Å²) in [5.41, 5.74) is 9.44. The van der Waals surface area contributed by atoms with Crippen LogP contribution in [0.2, 0.25) is 0 Å². The number of rotatable bonds is 9. The minimum absolute atomic E-state index is 0.0703. The van der Waals surface area contributed by atoms with Crippen LogP contribution in [0.15, 0.2) is 42.5 Å². The topological polar surface area (TPSA) is 96.1 Å². The van der Waals surface area contributed by atoms with Gasteiger partial charge in [-0.05, 0) is 49.6 Å². The minimum Gasteiger partial charge on any atom is -0.490 e. The van der Waals surface area contributed by atoms with Crippen molar-refractivity contribution >= 4 is 11.7 Å². The summed E-state index contributed by atoms with van der Waals surface area (Å²) >= 11 is 0. The first-order valence-electron chi connectivity index (χ1n) is 11.0. The van der Waals surface area contributed by atoms with Crippen molar-refractivity contribution in [2.45, 2.75) is 32.9 Å². The third-order valence-electron chi connectivity index (χ3n) is 6.02. The lowest BCUT2D eigenvalue weighted by Crippen LogP contribution is -2.52. The summed E-state index contributed by atoms with van der Waals surface area (Å²) < 4.78 is 5.71. The number of carbonyl (C=O) groups is 2. The normalized spacial score (nSPS) is 17.0. The molecule has 1 saturated heterocycles. The number of aliphatic hydroxyl groups is 1. The monoisotopic (exact) mass is 439 g/mol. The van der Waals surface area contributed by atoms with Crippen molar-refractivity contribution < 1.29 is 19.4 Å². The van der Waals surface area contributed by atoms with Gasteiger partial charge in [-0.1, -0.05) is 30.3 Å². The molecule has 172 valence electrons. The summed E-state index contributed by atoms with van der Waals surface area (Å²) in [4.78, 5) is 28.3. The number of amides is 1. The molecule has 1 aliphatic rings. The molecule has 0 aliphatic carbocycles. The van der Waals surface area contributed by atoms with E-state index >= 15 is 0 Å². The van der Waals surface area contributed by atoms with Gasteiger partial charge in [0.1, 0.15) is 24.5 Å². The number of β-amino-alcohol motifs (C(OH)–C–C–N with tert-alkyl or cyclic N) is 1. The Morgan fingerprint density at radius 1 is 1.03 bits per heavy atom. The van der Waals surface area contributed by atoms with E-state index in [9.17, 15) is 14.7 Å². The molecule has 1 aliphatic heterocycles. The SMILES string of the molecule is CC(=O)c1ccccc1OCC(O)CN1CCN(C(C(N)=O)c2c(C)cccc2C)CC1. The van der Waals surface area contributed by atoms with Crippen LogP contribution in [-0.2, 0) is 4.79 Å². The lowest BCUT2D eigenvalue weighted by atomic mass is 9.94. The first-order valence-corrected chi connectivity index (χ1v) is 11.0. The molecule has 2 atom stereocenters. The molecule has 3 rings (SSSR count). The van der Waals surface area contributed by atoms with Gasteiger partial charge in [0.25, 0.3) is 0 Å². The lowest BCUT2D eigenvalue weighted by Gasteiger charge is -2.39. The largest absolute Gasteiger partial charge is 0.490 e. The van der Waals surface area contributed by atoms with Gasteiger partial charge >= 0.3 is 0 Å². The number of carbonyl (C=O) groups excluding carboxylic acids is 2. The van der Waals surface area contributed by atoms with Crippen LogP contribution in [0.5, 0.6) is 5.75 Å². The summed E-state index contributed by atoms with van der Waals surface area (Å²) in [7, 11) is 0. The van der Waals surface area contributed by atoms with Crippen LogP contribution in [0.3, 0.4) is 0 Å². The van der Waals surface area contributed by atoms with E-state index in [0.29, 0.717) is 30.9 Å². The van der Waals surface area contributed by atoms with E-state index in [1.54, 1.807) is 24.3 Å². The predicted octanol–water partition coefficient (Wildman–Crippen LogP) is 2.09. The Balaban J connectivity index is 1.55. The van der Waals surface area contributed by atoms with Crippen molar-refractivity contribution in [1.82, 2.24) is 9.80 Å². The maximum Gasteiger partial charge on any atom is 0.239 e. The van der Waals surface area contributed by atoms with Crippen molar-refractivity contribution in [3.63, 3.8) is 0 Å². The van der Waals surface area contributed by atoms with Gasteiger partial charge in [-0.3, -0.25) is 19.4 Å². The molecule has 3 N–H and O–H groups in total. The second kappa shape index (κ2) is 10.7. The van der Waals surface area contributed by atoms with E-state index in [1.807, 2.05) is 32.0 Å². The number of aryl methyl sites for hydroxylation is 2. The summed E-state index contributed by atoms with van der Waals surface area (Å²) in [6.07, 6.45) is -0.688. The highest BCUT2D eigenvalue weighted by molar-refractivity contribution is 5.96. The number of aliphatic hydroxyl groups excluding tert-OH is 1. The Hall–Kier alpha value is -2.74. The minimum atomic E-state index is -0.688. The number of ketones is 1. The van der Waals surface area contributed by atoms with Gasteiger partial charge in [0, 0.05) is 32.7 Å². The average Bonchev–Trinajstić information content (AvgIpc) is 2.75. The third-order valence-corrected chi connectivity index (χ3v) is 6.02. The van der Waals surface area contributed by atoms with Crippen LogP contribution >= 0.6 is 0 Å². The molecule has 0 aromatic heterocycles. The molecule has 0 spiro atoms. The van der Waals surface area contributed by atoms with Crippen LogP contribution in [0.1, 0.15) is 40.0 Å². The first-order chi connectivity index (χ1) is 15.3. The fraction of sp³-hybridized carbons (Fsp3) is 0.440. The van der Waals surface area contributed by atoms with Gasteiger partial charge in [0.2, 0.25) is 5.91 Å². The fourth-order valence-electron chi connectivity index (χ4n) is 4.39. The smallest absolute Gasteiger partial charge is 0.239 e. The van der Waals surface area contributed by atoms with Crippen molar-refractivity contribution in [1.29, 1.82) is 0 Å². The highest BCUT2D eigenvalue weighted by Gasteiger charge is 2.31. The van der Waals surface area contributed by atoms with Crippen LogP contribution in [0, 0.1) is 13.8 Å². The maximum absolute atomic E-state index is 12.3. The Bertz CT molecular complexity index is 934. The van der Waals surface area contributed by atoms with E-state index in [2.05, 4.69) is 9.80 Å². The number of piperazine rings is 1. The molecular formula is C25H33N3O4. The van der Waals surface area contributed by atoms with Gasteiger partial charge in [0.15, 0.2) is 5.78 Å². The number of hydrogen-bond acceptors (Lipinski definition) is 6. The molecule has 2 aromatic carbocycles. The highest BCUT2D eigenvalue weighted by atomic mass is 16.5. The van der Waals surface area contributed by atoms with E-state index in [4.69, 9.17) is 10.5 Å². The number of Topliss-reactive ketones (excluding diaryl/α,β-unsaturated/α-hetero) is 1. The Morgan fingerprint density at radius 3 is 2.25 bits per heavy atom. The number of nitrogens with zero attached hydrogens (tertiary/aromatic N) is 2. The van der Waals surface area contributed by atoms with Crippen molar-refractivity contribution in [3.8, 4) is 5.75 Å². The number of benzene rings is 2. The van der Waals surface area contributed by atoms with Gasteiger partial charge in [-0.15, -0.1) is 0 Å². The number of ether oxygens (including phenoxy) is 1. The standard InChI is InChI=1S/C25H33N3O4/c1-17-7-6-8-18(2)23(17)24(25(26)31)28-13-11-27(12-14-28)15-20(30)16-32-22-10-5-4-9-21(22)19(3)29/h4-10,20,24,30H,11-16H2,1-3H3,(H2,26,31). The predicted molar refractivity (Wildman–Crippen MR) is 124 cm³/mol. The quantitative estimate of drug-likeness (QED) is 0.581. The van der Waals surface area contributed by atoms with Gasteiger partial charge in [0.05, 0.1) is 5.56 Å². The van der Waals surface area contributed by atoms with E-state index in [1.165, 1.54) is 6.92 Å². The second-order valence-corrected chi connectivity index (χ2v) is 8.46. The summed E-state index contributed by atoms with van der Waals surface area (Å²) in [6, 6.07) is 12.6. The average molecular weight is 440 g/mol. The summed E-state index contributed by atoms with van der Waals surface area (Å²) in [6.45, 7) is 8.88. The zero-order valence-corrected chi connectivity index (χ0v) is 19.1. The lowest BCUT2D eigenvalue weighted by molar-refractivity contribution is -0.124. The van der Waals surface area contributed by atoms with Crippen molar-refractivity contribution in [2.24, 2.45) is 5.73 Å². The molecule has 2 aromatic rings. The summed E-state index contributed by atoms with van der Waals surface area (Å²) in [5, 5.41) is 10.5. The van der Waals surface area contributed by atoms with E-state index < -0.39 is 12.1 Å². The number of para-hydroxylation sites is 1. The van der Waals surface area contributed by atoms with Crippen molar-refractivity contribution in [2.75, 3.05) is 39.3 Å². The molecular weight excluding hydrogens is 406 g/mol. The van der Waals surface area contributed by atoms with Crippen LogP contribution < -0.4 is 10.5 Å². The van der Waals surface area contributed by atoms with Gasteiger partial charge in [-0.2, -0.15) is 0 Å². The van der Waals surface area contributed by atoms with Crippen LogP contribution in [0.25, 0.3) is 0 Å².